The van der Waals surface area contributed by atoms with Crippen LogP contribution in [0, 0.1) is 0 Å². The normalized spacial score (nSPS) is 10.7. The summed E-state index contributed by atoms with van der Waals surface area (Å²) in [5, 5.41) is 7.06. The van der Waals surface area contributed by atoms with Gasteiger partial charge in [0.1, 0.15) is 12.2 Å². The fourth-order valence-corrected chi connectivity index (χ4v) is 2.78. The molecule has 1 aromatic carbocycles. The molecule has 3 rings (SSSR count). The van der Waals surface area contributed by atoms with Crippen LogP contribution in [-0.2, 0) is 24.8 Å². The smallest absolute Gasteiger partial charge is 0.324 e. The summed E-state index contributed by atoms with van der Waals surface area (Å²) in [4.78, 5) is 28.9. The maximum absolute atomic E-state index is 12.4. The summed E-state index contributed by atoms with van der Waals surface area (Å²) in [5.41, 5.74) is 2.17. The van der Waals surface area contributed by atoms with Gasteiger partial charge >= 0.3 is 5.69 Å². The van der Waals surface area contributed by atoms with E-state index in [1.54, 1.807) is 25.4 Å². The molecule has 2 heterocycles. The van der Waals surface area contributed by atoms with Crippen LogP contribution in [0.15, 0.2) is 53.5 Å². The van der Waals surface area contributed by atoms with Crippen molar-refractivity contribution in [2.45, 2.75) is 32.7 Å². The molecule has 7 heteroatoms. The predicted molar refractivity (Wildman–Crippen MR) is 104 cm³/mol. The van der Waals surface area contributed by atoms with E-state index in [-0.39, 0.29) is 18.1 Å². The lowest BCUT2D eigenvalue weighted by Gasteiger charge is -2.06. The Kier molecular flexibility index (Phi) is 5.80. The van der Waals surface area contributed by atoms with Gasteiger partial charge in [0, 0.05) is 18.9 Å². The Morgan fingerprint density at radius 1 is 1.15 bits per heavy atom. The van der Waals surface area contributed by atoms with Crippen molar-refractivity contribution in [3.63, 3.8) is 0 Å². The van der Waals surface area contributed by atoms with Crippen molar-refractivity contribution >= 4 is 11.6 Å². The zero-order valence-electron chi connectivity index (χ0n) is 15.6. The topological polar surface area (TPSA) is 81.8 Å². The van der Waals surface area contributed by atoms with Gasteiger partial charge in [-0.25, -0.2) is 9.48 Å². The van der Waals surface area contributed by atoms with E-state index in [4.69, 9.17) is 0 Å². The lowest BCUT2D eigenvalue weighted by atomic mass is 10.1. The van der Waals surface area contributed by atoms with E-state index in [1.807, 2.05) is 30.3 Å². The molecular formula is C20H23N5O2. The fourth-order valence-electron chi connectivity index (χ4n) is 2.78. The van der Waals surface area contributed by atoms with Crippen molar-refractivity contribution in [2.75, 3.05) is 5.32 Å². The summed E-state index contributed by atoms with van der Waals surface area (Å²) in [7, 11) is 1.61. The molecule has 0 aliphatic rings. The summed E-state index contributed by atoms with van der Waals surface area (Å²) >= 11 is 0. The van der Waals surface area contributed by atoms with E-state index in [2.05, 4.69) is 22.3 Å². The number of rotatable bonds is 7. The van der Waals surface area contributed by atoms with Gasteiger partial charge in [0.2, 0.25) is 5.91 Å². The molecule has 0 unspecified atom stereocenters. The number of anilines is 1. The summed E-state index contributed by atoms with van der Waals surface area (Å²) < 4.78 is 2.53. The zero-order chi connectivity index (χ0) is 19.2. The molecule has 1 amide bonds. The Bertz CT molecular complexity index is 958. The first kappa shape index (κ1) is 18.6. The van der Waals surface area contributed by atoms with Crippen LogP contribution < -0.4 is 11.0 Å². The highest BCUT2D eigenvalue weighted by molar-refractivity contribution is 5.90. The number of benzene rings is 1. The molecule has 140 valence electrons. The number of aromatic nitrogens is 4. The molecule has 7 nitrogen and oxygen atoms in total. The van der Waals surface area contributed by atoms with Crippen molar-refractivity contribution in [1.82, 2.24) is 19.3 Å². The van der Waals surface area contributed by atoms with Crippen LogP contribution in [0.3, 0.4) is 0 Å². The molecule has 0 saturated carbocycles. The lowest BCUT2D eigenvalue weighted by molar-refractivity contribution is -0.117. The van der Waals surface area contributed by atoms with Crippen molar-refractivity contribution in [1.29, 1.82) is 0 Å². The first-order valence-corrected chi connectivity index (χ1v) is 9.02. The third-order valence-electron chi connectivity index (χ3n) is 4.28. The average Bonchev–Trinajstić information content (AvgIpc) is 2.96. The van der Waals surface area contributed by atoms with Gasteiger partial charge in [-0.15, -0.1) is 5.10 Å². The molecule has 0 spiro atoms. The van der Waals surface area contributed by atoms with Crippen molar-refractivity contribution in [3.8, 4) is 11.5 Å². The van der Waals surface area contributed by atoms with Gasteiger partial charge in [0.05, 0.1) is 0 Å². The maximum Gasteiger partial charge on any atom is 0.346 e. The van der Waals surface area contributed by atoms with Gasteiger partial charge in [0.15, 0.2) is 5.82 Å². The number of hydrogen-bond donors (Lipinski definition) is 1. The third kappa shape index (κ3) is 4.49. The first-order valence-electron chi connectivity index (χ1n) is 9.02. The first-order chi connectivity index (χ1) is 13.1. The average molecular weight is 365 g/mol. The Labute approximate surface area is 157 Å². The quantitative estimate of drug-likeness (QED) is 0.698. The van der Waals surface area contributed by atoms with Gasteiger partial charge in [-0.3, -0.25) is 14.3 Å². The second-order valence-electron chi connectivity index (χ2n) is 6.39. The van der Waals surface area contributed by atoms with Gasteiger partial charge in [0.25, 0.3) is 0 Å². The summed E-state index contributed by atoms with van der Waals surface area (Å²) in [5.74, 6) is 0.123. The number of pyridine rings is 1. The predicted octanol–water partition coefficient (Wildman–Crippen LogP) is 2.63. The van der Waals surface area contributed by atoms with E-state index in [1.165, 1.54) is 10.1 Å². The highest BCUT2D eigenvalue weighted by Gasteiger charge is 2.15. The van der Waals surface area contributed by atoms with E-state index in [0.29, 0.717) is 17.2 Å². The monoisotopic (exact) mass is 365 g/mol. The standard InChI is InChI=1S/C20H23N5O2/c1-3-4-7-15-9-11-16(12-10-15)22-18(26)14-25-20(27)24(2)19(23-25)17-8-5-6-13-21-17/h5-6,8-13H,3-4,7,14H2,1-2H3,(H,22,26). The maximum atomic E-state index is 12.4. The van der Waals surface area contributed by atoms with Crippen LogP contribution in [0.2, 0.25) is 0 Å². The van der Waals surface area contributed by atoms with E-state index < -0.39 is 0 Å². The molecule has 0 bridgehead atoms. The van der Waals surface area contributed by atoms with Gasteiger partial charge < -0.3 is 5.32 Å². The summed E-state index contributed by atoms with van der Waals surface area (Å²) in [6.45, 7) is 2.00. The van der Waals surface area contributed by atoms with Gasteiger partial charge in [-0.1, -0.05) is 31.5 Å². The summed E-state index contributed by atoms with van der Waals surface area (Å²) in [6, 6.07) is 13.2. The molecule has 0 aliphatic heterocycles. The molecule has 27 heavy (non-hydrogen) atoms. The molecule has 0 saturated heterocycles. The number of amides is 1. The molecule has 3 aromatic rings. The number of nitrogens with one attached hydrogen (secondary N) is 1. The second-order valence-corrected chi connectivity index (χ2v) is 6.39. The van der Waals surface area contributed by atoms with Crippen molar-refractivity contribution < 1.29 is 4.79 Å². The minimum Gasteiger partial charge on any atom is -0.324 e. The summed E-state index contributed by atoms with van der Waals surface area (Å²) in [6.07, 6.45) is 4.96. The van der Waals surface area contributed by atoms with Crippen molar-refractivity contribution in [2.24, 2.45) is 7.05 Å². The fraction of sp³-hybridized carbons (Fsp3) is 0.300. The Morgan fingerprint density at radius 3 is 2.59 bits per heavy atom. The minimum absolute atomic E-state index is 0.156. The number of nitrogens with zero attached hydrogens (tertiary/aromatic N) is 4. The number of aryl methyl sites for hydroxylation is 1. The Morgan fingerprint density at radius 2 is 1.93 bits per heavy atom. The van der Waals surface area contributed by atoms with Crippen molar-refractivity contribution in [3.05, 3.63) is 64.7 Å². The van der Waals surface area contributed by atoms with E-state index in [0.717, 1.165) is 23.9 Å². The molecule has 0 aliphatic carbocycles. The molecule has 2 aromatic heterocycles. The van der Waals surface area contributed by atoms with Crippen LogP contribution >= 0.6 is 0 Å². The van der Waals surface area contributed by atoms with Crippen LogP contribution in [-0.4, -0.2) is 25.2 Å². The largest absolute Gasteiger partial charge is 0.346 e. The van der Waals surface area contributed by atoms with Gasteiger partial charge in [-0.2, -0.15) is 0 Å². The minimum atomic E-state index is -0.360. The number of hydrogen-bond acceptors (Lipinski definition) is 4. The van der Waals surface area contributed by atoms with E-state index >= 15 is 0 Å². The Hall–Kier alpha value is -3.22. The van der Waals surface area contributed by atoms with Crippen LogP contribution in [0.25, 0.3) is 11.5 Å². The SMILES string of the molecule is CCCCc1ccc(NC(=O)Cn2nc(-c3ccccn3)n(C)c2=O)cc1. The Balaban J connectivity index is 1.69. The molecular weight excluding hydrogens is 342 g/mol. The molecule has 1 N–H and O–H groups in total. The number of unbranched alkanes of at least 4 members (excludes halogenated alkanes) is 1. The number of carbonyl (C=O) groups excluding carboxylic acids is 1. The molecule has 0 radical (unpaired) electrons. The number of carbonyl (C=O) groups is 1. The van der Waals surface area contributed by atoms with E-state index in [9.17, 15) is 9.59 Å². The highest BCUT2D eigenvalue weighted by atomic mass is 16.2. The molecule has 0 fully saturated rings. The second kappa shape index (κ2) is 8.44. The zero-order valence-corrected chi connectivity index (χ0v) is 15.6. The van der Waals surface area contributed by atoms with Crippen LogP contribution in [0.1, 0.15) is 25.3 Å². The highest BCUT2D eigenvalue weighted by Crippen LogP contribution is 2.13. The van der Waals surface area contributed by atoms with Gasteiger partial charge in [-0.05, 0) is 42.7 Å². The lowest BCUT2D eigenvalue weighted by Crippen LogP contribution is -2.29. The third-order valence-corrected chi connectivity index (χ3v) is 4.28. The van der Waals surface area contributed by atoms with Crippen LogP contribution in [0.4, 0.5) is 5.69 Å². The molecule has 0 atom stereocenters. The van der Waals surface area contributed by atoms with Crippen LogP contribution in [0.5, 0.6) is 0 Å².